The Morgan fingerprint density at radius 2 is 2.12 bits per heavy atom. The number of nitrogens with zero attached hydrogens (tertiary/aromatic N) is 3. The van der Waals surface area contributed by atoms with Crippen molar-refractivity contribution in [3.8, 4) is 22.9 Å². The van der Waals surface area contributed by atoms with Crippen molar-refractivity contribution in [2.24, 2.45) is 0 Å². The smallest absolute Gasteiger partial charge is 0.249 e. The van der Waals surface area contributed by atoms with E-state index in [9.17, 15) is 9.59 Å². The van der Waals surface area contributed by atoms with Crippen LogP contribution in [0.5, 0.6) is 11.5 Å². The maximum absolute atomic E-state index is 12.0. The molecule has 1 fully saturated rings. The molecule has 1 saturated heterocycles. The highest BCUT2D eigenvalue weighted by Crippen LogP contribution is 2.31. The average molecular weight is 345 g/mol. The van der Waals surface area contributed by atoms with Crippen LogP contribution in [0.3, 0.4) is 0 Å². The predicted molar refractivity (Wildman–Crippen MR) is 89.4 cm³/mol. The normalized spacial score (nSPS) is 13.8. The number of nitrogens with one attached hydrogen (secondary N) is 2. The van der Waals surface area contributed by atoms with Gasteiger partial charge in [-0.05, 0) is 24.6 Å². The fraction of sp³-hybridized carbons (Fsp3) is 0.375. The molecule has 2 heterocycles. The molecule has 0 saturated carbocycles. The summed E-state index contributed by atoms with van der Waals surface area (Å²) in [7, 11) is 3.11. The number of hydrogen-bond donors (Lipinski definition) is 2. The van der Waals surface area contributed by atoms with Crippen LogP contribution in [0.25, 0.3) is 11.4 Å². The molecule has 2 aromatic rings. The molecule has 132 valence electrons. The van der Waals surface area contributed by atoms with Crippen molar-refractivity contribution in [2.45, 2.75) is 12.8 Å². The first-order chi connectivity index (χ1) is 12.1. The van der Waals surface area contributed by atoms with Crippen molar-refractivity contribution in [1.82, 2.24) is 20.1 Å². The molecule has 25 heavy (non-hydrogen) atoms. The van der Waals surface area contributed by atoms with E-state index in [0.717, 1.165) is 12.0 Å². The third kappa shape index (κ3) is 3.70. The molecule has 0 unspecified atom stereocenters. The highest BCUT2D eigenvalue weighted by atomic mass is 16.5. The number of carbonyl (C=O) groups is 2. The number of benzene rings is 1. The van der Waals surface area contributed by atoms with Crippen molar-refractivity contribution >= 4 is 17.8 Å². The minimum Gasteiger partial charge on any atom is -0.493 e. The zero-order valence-electron chi connectivity index (χ0n) is 14.0. The van der Waals surface area contributed by atoms with Gasteiger partial charge in [0.15, 0.2) is 17.3 Å². The van der Waals surface area contributed by atoms with Gasteiger partial charge in [-0.1, -0.05) is 0 Å². The molecule has 2 amide bonds. The number of anilines is 1. The summed E-state index contributed by atoms with van der Waals surface area (Å²) in [6.07, 6.45) is 1.29. The summed E-state index contributed by atoms with van der Waals surface area (Å²) in [6, 6.07) is 5.32. The van der Waals surface area contributed by atoms with E-state index in [1.54, 1.807) is 32.4 Å². The standard InChI is InChI=1S/C16H19N5O4/c1-24-11-6-5-10(8-12(11)25-2)15-18-16(20-19-15)17-13(22)9-21-7-3-4-14(21)23/h5-6,8H,3-4,7,9H2,1-2H3,(H2,17,18,19,20,22). The highest BCUT2D eigenvalue weighted by Gasteiger charge is 2.22. The van der Waals surface area contributed by atoms with Crippen LogP contribution in [-0.4, -0.2) is 59.2 Å². The highest BCUT2D eigenvalue weighted by molar-refractivity contribution is 5.93. The van der Waals surface area contributed by atoms with Crippen molar-refractivity contribution in [3.63, 3.8) is 0 Å². The van der Waals surface area contributed by atoms with Gasteiger partial charge in [-0.2, -0.15) is 4.98 Å². The SMILES string of the molecule is COc1ccc(-c2nc(NC(=O)CN3CCCC3=O)n[nH]2)cc1OC. The third-order valence-electron chi connectivity index (χ3n) is 3.90. The lowest BCUT2D eigenvalue weighted by Crippen LogP contribution is -2.34. The molecular weight excluding hydrogens is 326 g/mol. The van der Waals surface area contributed by atoms with Crippen LogP contribution in [0.4, 0.5) is 5.95 Å². The Hall–Kier alpha value is -3.10. The molecule has 0 radical (unpaired) electrons. The lowest BCUT2D eigenvalue weighted by molar-refractivity contribution is -0.131. The van der Waals surface area contributed by atoms with Crippen LogP contribution in [0.15, 0.2) is 18.2 Å². The van der Waals surface area contributed by atoms with Gasteiger partial charge >= 0.3 is 0 Å². The summed E-state index contributed by atoms with van der Waals surface area (Å²) in [5, 5.41) is 9.33. The molecule has 9 nitrogen and oxygen atoms in total. The lowest BCUT2D eigenvalue weighted by atomic mass is 10.2. The van der Waals surface area contributed by atoms with Gasteiger partial charge in [-0.15, -0.1) is 5.10 Å². The van der Waals surface area contributed by atoms with E-state index < -0.39 is 0 Å². The van der Waals surface area contributed by atoms with Crippen LogP contribution < -0.4 is 14.8 Å². The summed E-state index contributed by atoms with van der Waals surface area (Å²) < 4.78 is 10.5. The number of methoxy groups -OCH3 is 2. The molecule has 3 rings (SSSR count). The first-order valence-electron chi connectivity index (χ1n) is 7.83. The third-order valence-corrected chi connectivity index (χ3v) is 3.90. The Labute approximate surface area is 144 Å². The van der Waals surface area contributed by atoms with Crippen molar-refractivity contribution in [2.75, 3.05) is 32.6 Å². The summed E-state index contributed by atoms with van der Waals surface area (Å²) in [5.74, 6) is 1.48. The van der Waals surface area contributed by atoms with E-state index in [2.05, 4.69) is 20.5 Å². The number of rotatable bonds is 6. The van der Waals surface area contributed by atoms with Gasteiger partial charge in [0.1, 0.15) is 0 Å². The Balaban J connectivity index is 1.68. The molecule has 2 N–H and O–H groups in total. The van der Waals surface area contributed by atoms with E-state index in [4.69, 9.17) is 9.47 Å². The Kier molecular flexibility index (Phi) is 4.82. The Morgan fingerprint density at radius 1 is 1.32 bits per heavy atom. The molecule has 9 heteroatoms. The average Bonchev–Trinajstić information content (AvgIpc) is 3.24. The van der Waals surface area contributed by atoms with Crippen LogP contribution in [0.2, 0.25) is 0 Å². The number of hydrogen-bond acceptors (Lipinski definition) is 6. The summed E-state index contributed by atoms with van der Waals surface area (Å²) in [4.78, 5) is 29.3. The van der Waals surface area contributed by atoms with Gasteiger partial charge in [-0.25, -0.2) is 0 Å². The van der Waals surface area contributed by atoms with Crippen molar-refractivity contribution in [1.29, 1.82) is 0 Å². The van der Waals surface area contributed by atoms with E-state index in [1.807, 2.05) is 0 Å². The zero-order valence-corrected chi connectivity index (χ0v) is 14.0. The van der Waals surface area contributed by atoms with E-state index in [-0.39, 0.29) is 24.3 Å². The zero-order chi connectivity index (χ0) is 17.8. The van der Waals surface area contributed by atoms with Crippen LogP contribution in [0.1, 0.15) is 12.8 Å². The minimum atomic E-state index is -0.326. The number of H-pyrrole nitrogens is 1. The summed E-state index contributed by atoms with van der Waals surface area (Å²) >= 11 is 0. The molecule has 0 bridgehead atoms. The number of carbonyl (C=O) groups excluding carboxylic acids is 2. The van der Waals surface area contributed by atoms with Gasteiger partial charge in [0, 0.05) is 18.5 Å². The lowest BCUT2D eigenvalue weighted by Gasteiger charge is -2.13. The van der Waals surface area contributed by atoms with Gasteiger partial charge in [0.25, 0.3) is 0 Å². The van der Waals surface area contributed by atoms with E-state index in [1.165, 1.54) is 4.90 Å². The summed E-state index contributed by atoms with van der Waals surface area (Å²) in [6.45, 7) is 0.621. The molecule has 1 aliphatic heterocycles. The second kappa shape index (κ2) is 7.20. The first-order valence-corrected chi connectivity index (χ1v) is 7.83. The molecule has 1 aliphatic rings. The van der Waals surface area contributed by atoms with Crippen LogP contribution in [0, 0.1) is 0 Å². The number of aromatic amines is 1. The maximum atomic E-state index is 12.0. The Bertz CT molecular complexity index is 789. The number of amides is 2. The monoisotopic (exact) mass is 345 g/mol. The van der Waals surface area contributed by atoms with Gasteiger partial charge in [0.2, 0.25) is 17.8 Å². The predicted octanol–water partition coefficient (Wildman–Crippen LogP) is 1.05. The molecular formula is C16H19N5O4. The van der Waals surface area contributed by atoms with Crippen LogP contribution >= 0.6 is 0 Å². The second-order valence-corrected chi connectivity index (χ2v) is 5.54. The molecule has 0 spiro atoms. The summed E-state index contributed by atoms with van der Waals surface area (Å²) in [5.41, 5.74) is 0.736. The minimum absolute atomic E-state index is 0.00356. The molecule has 0 aliphatic carbocycles. The van der Waals surface area contributed by atoms with Gasteiger partial charge in [-0.3, -0.25) is 20.0 Å². The van der Waals surface area contributed by atoms with Crippen LogP contribution in [-0.2, 0) is 9.59 Å². The van der Waals surface area contributed by atoms with Crippen molar-refractivity contribution in [3.05, 3.63) is 18.2 Å². The van der Waals surface area contributed by atoms with Gasteiger partial charge < -0.3 is 14.4 Å². The van der Waals surface area contributed by atoms with E-state index >= 15 is 0 Å². The van der Waals surface area contributed by atoms with E-state index in [0.29, 0.717) is 30.3 Å². The van der Waals surface area contributed by atoms with Crippen molar-refractivity contribution < 1.29 is 19.1 Å². The molecule has 1 aromatic carbocycles. The fourth-order valence-corrected chi connectivity index (χ4v) is 2.64. The Morgan fingerprint density at radius 3 is 2.80 bits per heavy atom. The largest absolute Gasteiger partial charge is 0.493 e. The second-order valence-electron chi connectivity index (χ2n) is 5.54. The maximum Gasteiger partial charge on any atom is 0.249 e. The molecule has 0 atom stereocenters. The number of likely N-dealkylation sites (tertiary alicyclic amines) is 1. The molecule has 1 aromatic heterocycles. The topological polar surface area (TPSA) is 109 Å². The fourth-order valence-electron chi connectivity index (χ4n) is 2.64. The number of ether oxygens (including phenoxy) is 2. The number of aromatic nitrogens is 3. The quantitative estimate of drug-likeness (QED) is 0.810. The van der Waals surface area contributed by atoms with Gasteiger partial charge in [0.05, 0.1) is 20.8 Å². The first kappa shape index (κ1) is 16.7.